The highest BCUT2D eigenvalue weighted by molar-refractivity contribution is 6.31. The highest BCUT2D eigenvalue weighted by Gasteiger charge is 2.32. The van der Waals surface area contributed by atoms with E-state index in [9.17, 15) is 58.2 Å². The van der Waals surface area contributed by atoms with Gasteiger partial charge in [0.25, 0.3) is 0 Å². The summed E-state index contributed by atoms with van der Waals surface area (Å²) in [6.07, 6.45) is 2.18. The van der Waals surface area contributed by atoms with E-state index in [0.717, 1.165) is 42.5 Å². The second-order valence-electron chi connectivity index (χ2n) is 20.6. The maximum Gasteiger partial charge on any atom is 0.407 e. The van der Waals surface area contributed by atoms with E-state index < -0.39 is 108 Å². The first kappa shape index (κ1) is 71.7. The number of halogens is 1. The third-order valence-corrected chi connectivity index (χ3v) is 13.8. The molecular weight excluding hydrogens is 1140 g/mol. The second-order valence-corrected chi connectivity index (χ2v) is 21.0. The van der Waals surface area contributed by atoms with Gasteiger partial charge in [-0.05, 0) is 127 Å². The van der Waals surface area contributed by atoms with Crippen molar-refractivity contribution < 1.29 is 62.9 Å². The van der Waals surface area contributed by atoms with Crippen LogP contribution in [0.1, 0.15) is 97.5 Å². The molecule has 1 unspecified atom stereocenters. The van der Waals surface area contributed by atoms with Crippen molar-refractivity contribution in [1.29, 1.82) is 5.41 Å². The summed E-state index contributed by atoms with van der Waals surface area (Å²) in [6.45, 7) is 9.12. The number of aliphatic carboxylic acids is 1. The van der Waals surface area contributed by atoms with Crippen LogP contribution in [0.3, 0.4) is 0 Å². The Bertz CT molecular complexity index is 2780. The molecule has 0 saturated carbocycles. The number of ether oxygens (including phenoxy) is 1. The lowest BCUT2D eigenvalue weighted by molar-refractivity contribution is -0.141. The number of fused-ring (bicyclic) bond motifs is 1. The standard InChI is InChI=1S/C56H85ClN16O13/c1-6-73(26-10-11-32(2)66-40-22-25-63-43-30-36(57)16-19-38(40)43)27-28-86-56(85)65-23-8-7-12-41(69-50(80)39(58)20-21-46(59)75)53(83)70-42(13-9-24-64-55(60)61)52(82)68-33(3)48(78)67-34(4)49(79)71-44(29-35-14-17-37(74)18-15-35)54(84)72-45(31-47(76)77)51(81)62-5/h14-19,22,25,30,32-34,39,41-42,44-45,74H,6-13,20-21,23-24,26-29,31,58H2,1-5H3,(H2,59,75)(H,62,81)(H,63,66)(H,65,85)(H,67,78)(H,68,82)(H,69,80)(H,70,83)(H,71,79)(H,72,84)(H,76,77)(H4,60,61,64)/t32?,33-,34-,39-,41-,42-,44-,45-/m0/s1. The number of hydrogen-bond acceptors (Lipinski definition) is 17. The maximum absolute atomic E-state index is 14.1. The molecule has 0 fully saturated rings. The largest absolute Gasteiger partial charge is 0.508 e. The SMILES string of the molecule is CCN(CCCC(C)Nc1ccnc2cc(Cl)ccc12)CCOC(=O)NCCCC[C@H](NC(=O)[C@@H](N)CCC(N)=O)C(=O)N[C@@H](CCCNC(=N)N)C(=O)N[C@@H](C)C(=O)N[C@@H](C)C(=O)N[C@@H](Cc1ccc(O)cc1)C(=O)N[C@@H](CC(=O)O)C(=O)NC. The Morgan fingerprint density at radius 3 is 1.92 bits per heavy atom. The first-order valence-corrected chi connectivity index (χ1v) is 28.8. The number of primary amides is 1. The van der Waals surface area contributed by atoms with Crippen molar-refractivity contribution in [2.75, 3.05) is 51.7 Å². The third-order valence-electron chi connectivity index (χ3n) is 13.6. The number of amides is 9. The Morgan fingerprint density at radius 2 is 1.28 bits per heavy atom. The van der Waals surface area contributed by atoms with Crippen molar-refractivity contribution >= 4 is 93.5 Å². The third kappa shape index (κ3) is 27.0. The predicted molar refractivity (Wildman–Crippen MR) is 321 cm³/mol. The molecule has 19 N–H and O–H groups in total. The van der Waals surface area contributed by atoms with Gasteiger partial charge in [-0.25, -0.2) is 4.79 Å². The molecule has 86 heavy (non-hydrogen) atoms. The number of carboxylic acids is 1. The Hall–Kier alpha value is -8.57. The van der Waals surface area contributed by atoms with Crippen molar-refractivity contribution in [3.8, 4) is 5.75 Å². The summed E-state index contributed by atoms with van der Waals surface area (Å²) in [5, 5.41) is 54.3. The maximum atomic E-state index is 14.1. The van der Waals surface area contributed by atoms with Crippen LogP contribution in [-0.4, -0.2) is 180 Å². The first-order valence-electron chi connectivity index (χ1n) is 28.4. The summed E-state index contributed by atoms with van der Waals surface area (Å²) in [6, 6.07) is 3.74. The molecule has 2 aromatic carbocycles. The van der Waals surface area contributed by atoms with Gasteiger partial charge in [0, 0.05) is 67.9 Å². The molecule has 1 aromatic heterocycles. The zero-order chi connectivity index (χ0) is 63.9. The number of nitrogens with two attached hydrogens (primary N) is 3. The molecule has 0 spiro atoms. The fourth-order valence-electron chi connectivity index (χ4n) is 8.65. The van der Waals surface area contributed by atoms with Crippen LogP contribution in [0, 0.1) is 5.41 Å². The summed E-state index contributed by atoms with van der Waals surface area (Å²) >= 11 is 6.15. The van der Waals surface area contributed by atoms with Gasteiger partial charge in [-0.3, -0.25) is 53.5 Å². The van der Waals surface area contributed by atoms with E-state index in [1.807, 2.05) is 31.2 Å². The highest BCUT2D eigenvalue weighted by Crippen LogP contribution is 2.25. The summed E-state index contributed by atoms with van der Waals surface area (Å²) in [5.41, 5.74) is 19.0. The highest BCUT2D eigenvalue weighted by atomic mass is 35.5. The number of nitrogens with one attached hydrogen (secondary N) is 11. The van der Waals surface area contributed by atoms with E-state index in [-0.39, 0.29) is 82.4 Å². The average Bonchev–Trinajstić information content (AvgIpc) is 3.33. The van der Waals surface area contributed by atoms with Crippen molar-refractivity contribution in [2.45, 2.75) is 147 Å². The van der Waals surface area contributed by atoms with Crippen LogP contribution in [0.5, 0.6) is 5.75 Å². The van der Waals surface area contributed by atoms with Crippen LogP contribution in [0.15, 0.2) is 54.7 Å². The number of phenols is 1. The molecule has 29 nitrogen and oxygen atoms in total. The normalized spacial score (nSPS) is 13.8. The average molecular weight is 1230 g/mol. The summed E-state index contributed by atoms with van der Waals surface area (Å²) in [5.74, 6) is -8.56. The van der Waals surface area contributed by atoms with E-state index in [1.165, 1.54) is 45.2 Å². The summed E-state index contributed by atoms with van der Waals surface area (Å²) in [4.78, 5) is 137. The molecule has 0 aliphatic rings. The summed E-state index contributed by atoms with van der Waals surface area (Å²) < 4.78 is 5.44. The Morgan fingerprint density at radius 1 is 0.686 bits per heavy atom. The minimum atomic E-state index is -1.52. The number of alkyl carbamates (subject to hydrolysis) is 1. The van der Waals surface area contributed by atoms with Crippen molar-refractivity contribution in [2.24, 2.45) is 17.2 Å². The number of hydrogen-bond donors (Lipinski definition) is 16. The van der Waals surface area contributed by atoms with Gasteiger partial charge in [0.15, 0.2) is 5.96 Å². The van der Waals surface area contributed by atoms with Crippen molar-refractivity contribution in [1.82, 2.24) is 57.7 Å². The fraction of sp³-hybridized carbons (Fsp3) is 0.536. The van der Waals surface area contributed by atoms with Crippen LogP contribution in [0.2, 0.25) is 5.02 Å². The Kier molecular flexibility index (Phi) is 31.4. The molecule has 0 radical (unpaired) electrons. The molecule has 0 aliphatic heterocycles. The van der Waals surface area contributed by atoms with E-state index in [0.29, 0.717) is 23.6 Å². The number of nitrogens with zero attached hydrogens (tertiary/aromatic N) is 2. The second kappa shape index (κ2) is 37.7. The minimum Gasteiger partial charge on any atom is -0.508 e. The van der Waals surface area contributed by atoms with Crippen molar-refractivity contribution in [3.63, 3.8) is 0 Å². The van der Waals surface area contributed by atoms with E-state index >= 15 is 0 Å². The van der Waals surface area contributed by atoms with Gasteiger partial charge in [-0.1, -0.05) is 30.7 Å². The smallest absolute Gasteiger partial charge is 0.407 e. The van der Waals surface area contributed by atoms with Crippen LogP contribution >= 0.6 is 11.6 Å². The number of carbonyl (C=O) groups is 10. The van der Waals surface area contributed by atoms with Gasteiger partial charge in [0.1, 0.15) is 48.6 Å². The fourth-order valence-corrected chi connectivity index (χ4v) is 8.82. The molecule has 3 aromatic rings. The molecule has 8 atom stereocenters. The molecule has 30 heteroatoms. The number of carboxylic acid groups (broad SMARTS) is 1. The van der Waals surface area contributed by atoms with E-state index in [4.69, 9.17) is 38.9 Å². The van der Waals surface area contributed by atoms with Gasteiger partial charge < -0.3 is 90.2 Å². The number of carbonyl (C=O) groups excluding carboxylic acids is 9. The van der Waals surface area contributed by atoms with E-state index in [1.54, 1.807) is 6.20 Å². The molecule has 0 aliphatic carbocycles. The van der Waals surface area contributed by atoms with Gasteiger partial charge in [0.2, 0.25) is 47.3 Å². The molecule has 0 bridgehead atoms. The monoisotopic (exact) mass is 1220 g/mol. The quantitative estimate of drug-likeness (QED) is 0.0197. The number of anilines is 1. The predicted octanol–water partition coefficient (Wildman–Crippen LogP) is -0.339. The Labute approximate surface area is 504 Å². The van der Waals surface area contributed by atoms with E-state index in [2.05, 4.69) is 70.0 Å². The van der Waals surface area contributed by atoms with Crippen LogP contribution in [0.4, 0.5) is 10.5 Å². The van der Waals surface area contributed by atoms with Gasteiger partial charge in [-0.15, -0.1) is 0 Å². The lowest BCUT2D eigenvalue weighted by atomic mass is 10.0. The van der Waals surface area contributed by atoms with Crippen LogP contribution < -0.4 is 70.4 Å². The van der Waals surface area contributed by atoms with Gasteiger partial charge in [-0.2, -0.15) is 0 Å². The number of likely N-dealkylation sites (N-methyl/N-ethyl adjacent to an activating group) is 2. The number of aromatic hydroxyl groups is 1. The van der Waals surface area contributed by atoms with Gasteiger partial charge in [0.05, 0.1) is 18.0 Å². The van der Waals surface area contributed by atoms with Crippen LogP contribution in [0.25, 0.3) is 10.9 Å². The number of guanidine groups is 1. The molecule has 0 saturated heterocycles. The molecule has 3 rings (SSSR count). The zero-order valence-corrected chi connectivity index (χ0v) is 50.0. The number of aromatic nitrogens is 1. The number of unbranched alkanes of at least 4 members (excludes halogenated alkanes) is 1. The topological polar surface area (TPSA) is 459 Å². The number of phenolic OH excluding ortho intramolecular Hbond substituents is 1. The lowest BCUT2D eigenvalue weighted by Gasteiger charge is -2.26. The molecule has 9 amide bonds. The Balaban J connectivity index is 1.62. The van der Waals surface area contributed by atoms with Gasteiger partial charge >= 0.3 is 12.1 Å². The lowest BCUT2D eigenvalue weighted by Crippen LogP contribution is -2.59. The molecular formula is C56H85ClN16O13. The number of benzene rings is 2. The first-order chi connectivity index (χ1) is 40.8. The number of pyridine rings is 1. The number of rotatable bonds is 39. The summed E-state index contributed by atoms with van der Waals surface area (Å²) in [7, 11) is 1.24. The van der Waals surface area contributed by atoms with Crippen molar-refractivity contribution in [3.05, 3.63) is 65.3 Å². The minimum absolute atomic E-state index is 0.0160. The molecule has 1 heterocycles. The zero-order valence-electron chi connectivity index (χ0n) is 49.2. The molecule has 474 valence electrons. The van der Waals surface area contributed by atoms with Crippen LogP contribution in [-0.2, 0) is 54.3 Å².